The van der Waals surface area contributed by atoms with Crippen molar-refractivity contribution in [2.45, 2.75) is 53.6 Å². The van der Waals surface area contributed by atoms with Crippen LogP contribution < -0.4 is 10.9 Å². The minimum absolute atomic E-state index is 0.0789. The normalized spacial score (nSPS) is 11.6. The summed E-state index contributed by atoms with van der Waals surface area (Å²) in [5.41, 5.74) is 6.10. The SMILES string of the molecule is CCn1cc(CNC(=O)c2nn3cc(-c4cnc5cccc(C)c5c4)[nH]c(=O)c3c2C(C)C)c(C)n1. The molecule has 0 aliphatic heterocycles. The molecule has 9 nitrogen and oxygen atoms in total. The summed E-state index contributed by atoms with van der Waals surface area (Å²) >= 11 is 0. The van der Waals surface area contributed by atoms with E-state index in [-0.39, 0.29) is 23.1 Å². The summed E-state index contributed by atoms with van der Waals surface area (Å²) in [6.07, 6.45) is 5.41. The fourth-order valence-electron chi connectivity index (χ4n) is 4.56. The maximum atomic E-state index is 13.2. The monoisotopic (exact) mass is 483 g/mol. The van der Waals surface area contributed by atoms with Crippen LogP contribution in [0.3, 0.4) is 0 Å². The van der Waals surface area contributed by atoms with E-state index in [9.17, 15) is 9.59 Å². The lowest BCUT2D eigenvalue weighted by molar-refractivity contribution is 0.0944. The largest absolute Gasteiger partial charge is 0.346 e. The van der Waals surface area contributed by atoms with Gasteiger partial charge >= 0.3 is 0 Å². The maximum absolute atomic E-state index is 13.2. The van der Waals surface area contributed by atoms with Crippen LogP contribution in [0.25, 0.3) is 27.7 Å². The van der Waals surface area contributed by atoms with E-state index >= 15 is 0 Å². The van der Waals surface area contributed by atoms with E-state index in [0.717, 1.165) is 39.8 Å². The van der Waals surface area contributed by atoms with Crippen molar-refractivity contribution in [3.8, 4) is 11.3 Å². The molecule has 5 aromatic rings. The van der Waals surface area contributed by atoms with Crippen molar-refractivity contribution >= 4 is 22.3 Å². The molecule has 0 saturated heterocycles. The fourth-order valence-corrected chi connectivity index (χ4v) is 4.56. The van der Waals surface area contributed by atoms with E-state index in [0.29, 0.717) is 23.3 Å². The van der Waals surface area contributed by atoms with Crippen molar-refractivity contribution in [2.24, 2.45) is 0 Å². The van der Waals surface area contributed by atoms with Crippen LogP contribution in [-0.4, -0.2) is 35.3 Å². The smallest absolute Gasteiger partial charge is 0.274 e. The molecule has 0 unspecified atom stereocenters. The van der Waals surface area contributed by atoms with Crippen LogP contribution in [0, 0.1) is 13.8 Å². The van der Waals surface area contributed by atoms with Gasteiger partial charge in [0.25, 0.3) is 11.5 Å². The molecule has 0 aliphatic rings. The lowest BCUT2D eigenvalue weighted by Gasteiger charge is -2.08. The van der Waals surface area contributed by atoms with E-state index in [4.69, 9.17) is 0 Å². The highest BCUT2D eigenvalue weighted by atomic mass is 16.2. The zero-order valence-corrected chi connectivity index (χ0v) is 21.1. The van der Waals surface area contributed by atoms with Crippen molar-refractivity contribution < 1.29 is 4.79 Å². The highest BCUT2D eigenvalue weighted by Gasteiger charge is 2.24. The van der Waals surface area contributed by atoms with Crippen LogP contribution >= 0.6 is 0 Å². The number of pyridine rings is 1. The first-order chi connectivity index (χ1) is 17.3. The number of hydrogen-bond acceptors (Lipinski definition) is 5. The summed E-state index contributed by atoms with van der Waals surface area (Å²) in [5.74, 6) is -0.403. The number of nitrogens with one attached hydrogen (secondary N) is 2. The first-order valence-corrected chi connectivity index (χ1v) is 12.1. The number of H-pyrrole nitrogens is 1. The molecule has 4 aromatic heterocycles. The van der Waals surface area contributed by atoms with Crippen molar-refractivity contribution in [2.75, 3.05) is 0 Å². The first kappa shape index (κ1) is 23.5. The molecule has 5 rings (SSSR count). The zero-order valence-electron chi connectivity index (χ0n) is 21.1. The van der Waals surface area contributed by atoms with Gasteiger partial charge in [0.15, 0.2) is 5.69 Å². The first-order valence-electron chi connectivity index (χ1n) is 12.1. The summed E-state index contributed by atoms with van der Waals surface area (Å²) in [6, 6.07) is 7.97. The Kier molecular flexibility index (Phi) is 5.91. The van der Waals surface area contributed by atoms with E-state index in [1.54, 1.807) is 12.4 Å². The fraction of sp³-hybridized carbons (Fsp3) is 0.296. The van der Waals surface area contributed by atoms with Crippen LogP contribution in [0.15, 0.2) is 47.7 Å². The third-order valence-corrected chi connectivity index (χ3v) is 6.52. The van der Waals surface area contributed by atoms with Crippen molar-refractivity contribution in [1.82, 2.24) is 34.7 Å². The van der Waals surface area contributed by atoms with Gasteiger partial charge in [-0.2, -0.15) is 10.2 Å². The number of nitrogens with zero attached hydrogens (tertiary/aromatic N) is 5. The minimum Gasteiger partial charge on any atom is -0.346 e. The highest BCUT2D eigenvalue weighted by Crippen LogP contribution is 2.26. The maximum Gasteiger partial charge on any atom is 0.274 e. The number of carbonyl (C=O) groups is 1. The predicted octanol–water partition coefficient (Wildman–Crippen LogP) is 4.12. The summed E-state index contributed by atoms with van der Waals surface area (Å²) in [7, 11) is 0. The predicted molar refractivity (Wildman–Crippen MR) is 139 cm³/mol. The number of benzene rings is 1. The zero-order chi connectivity index (χ0) is 25.6. The van der Waals surface area contributed by atoms with Crippen molar-refractivity contribution in [3.63, 3.8) is 0 Å². The standard InChI is InChI=1S/C27H29N7O2/c1-6-33-13-19(17(5)31-33)12-29-26(35)24-23(15(2)3)25-27(36)30-22(14-34(25)32-24)18-10-20-16(4)8-7-9-21(20)28-11-18/h7-11,13-15H,6,12H2,1-5H3,(H,29,35)(H,30,36). The lowest BCUT2D eigenvalue weighted by Crippen LogP contribution is -2.24. The molecule has 0 aliphatic carbocycles. The number of amides is 1. The third kappa shape index (κ3) is 4.06. The van der Waals surface area contributed by atoms with Crippen LogP contribution in [0.2, 0.25) is 0 Å². The second kappa shape index (κ2) is 9.07. The quantitative estimate of drug-likeness (QED) is 0.377. The minimum atomic E-state index is -0.324. The van der Waals surface area contributed by atoms with Gasteiger partial charge in [-0.05, 0) is 44.4 Å². The molecule has 184 valence electrons. The number of aromatic amines is 1. The molecule has 1 aromatic carbocycles. The molecule has 0 bridgehead atoms. The Morgan fingerprint density at radius 1 is 1.17 bits per heavy atom. The molecule has 9 heteroatoms. The number of aromatic nitrogens is 6. The van der Waals surface area contributed by atoms with Gasteiger partial charge in [-0.25, -0.2) is 4.52 Å². The van der Waals surface area contributed by atoms with Crippen LogP contribution in [0.4, 0.5) is 0 Å². The lowest BCUT2D eigenvalue weighted by atomic mass is 10.0. The Balaban J connectivity index is 1.54. The molecular formula is C27H29N7O2. The van der Waals surface area contributed by atoms with Gasteiger partial charge in [0.05, 0.1) is 23.1 Å². The van der Waals surface area contributed by atoms with Gasteiger partial charge < -0.3 is 10.3 Å². The summed E-state index contributed by atoms with van der Waals surface area (Å²) in [5, 5.41) is 13.0. The Morgan fingerprint density at radius 3 is 2.69 bits per heavy atom. The average Bonchev–Trinajstić information content (AvgIpc) is 3.43. The second-order valence-electron chi connectivity index (χ2n) is 9.35. The number of aryl methyl sites for hydroxylation is 3. The molecule has 0 saturated carbocycles. The molecular weight excluding hydrogens is 454 g/mol. The average molecular weight is 484 g/mol. The van der Waals surface area contributed by atoms with Crippen LogP contribution in [0.5, 0.6) is 0 Å². The third-order valence-electron chi connectivity index (χ3n) is 6.52. The summed E-state index contributed by atoms with van der Waals surface area (Å²) in [6.45, 7) is 11.0. The molecule has 36 heavy (non-hydrogen) atoms. The molecule has 4 heterocycles. The summed E-state index contributed by atoms with van der Waals surface area (Å²) < 4.78 is 3.35. The molecule has 0 atom stereocenters. The number of fused-ring (bicyclic) bond motifs is 2. The molecule has 0 spiro atoms. The van der Waals surface area contributed by atoms with Gasteiger partial charge in [-0.1, -0.05) is 26.0 Å². The van der Waals surface area contributed by atoms with Gasteiger partial charge in [-0.3, -0.25) is 19.3 Å². The Bertz CT molecular complexity index is 1670. The Morgan fingerprint density at radius 2 is 1.97 bits per heavy atom. The van der Waals surface area contributed by atoms with E-state index in [1.165, 1.54) is 4.52 Å². The van der Waals surface area contributed by atoms with E-state index in [1.807, 2.05) is 69.8 Å². The topological polar surface area (TPSA) is 110 Å². The Hall–Kier alpha value is -4.27. The number of hydrogen-bond donors (Lipinski definition) is 2. The highest BCUT2D eigenvalue weighted by molar-refractivity contribution is 5.96. The van der Waals surface area contributed by atoms with Crippen LogP contribution in [-0.2, 0) is 13.1 Å². The van der Waals surface area contributed by atoms with Gasteiger partial charge in [-0.15, -0.1) is 0 Å². The number of rotatable bonds is 6. The van der Waals surface area contributed by atoms with Gasteiger partial charge in [0.1, 0.15) is 5.52 Å². The molecule has 2 N–H and O–H groups in total. The number of carbonyl (C=O) groups excluding carboxylic acids is 1. The van der Waals surface area contributed by atoms with Gasteiger partial charge in [0, 0.05) is 47.6 Å². The summed E-state index contributed by atoms with van der Waals surface area (Å²) in [4.78, 5) is 34.0. The molecule has 0 radical (unpaired) electrons. The van der Waals surface area contributed by atoms with Crippen LogP contribution in [0.1, 0.15) is 59.6 Å². The van der Waals surface area contributed by atoms with Crippen molar-refractivity contribution in [1.29, 1.82) is 0 Å². The van der Waals surface area contributed by atoms with Gasteiger partial charge in [0.2, 0.25) is 0 Å². The second-order valence-corrected chi connectivity index (χ2v) is 9.35. The molecule has 0 fully saturated rings. The van der Waals surface area contributed by atoms with E-state index in [2.05, 4.69) is 25.5 Å². The van der Waals surface area contributed by atoms with E-state index < -0.39 is 0 Å². The van der Waals surface area contributed by atoms with Crippen molar-refractivity contribution in [3.05, 3.63) is 81.3 Å². The molecule has 1 amide bonds. The Labute approximate surface area is 208 Å².